The molecule has 0 spiro atoms. The van der Waals surface area contributed by atoms with Gasteiger partial charge in [0.15, 0.2) is 0 Å². The second-order valence-electron chi connectivity index (χ2n) is 3.54. The van der Waals surface area contributed by atoms with Gasteiger partial charge in [0.1, 0.15) is 18.2 Å². The van der Waals surface area contributed by atoms with Crippen LogP contribution in [0.5, 0.6) is 5.75 Å². The largest absolute Gasteiger partial charge is 0.487 e. The van der Waals surface area contributed by atoms with Crippen molar-refractivity contribution in [1.82, 2.24) is 9.55 Å². The Morgan fingerprint density at radius 2 is 2.29 bits per heavy atom. The molecule has 0 fully saturated rings. The molecule has 17 heavy (non-hydrogen) atoms. The van der Waals surface area contributed by atoms with Gasteiger partial charge in [-0.2, -0.15) is 0 Å². The SMILES string of the molecule is CCn1cncc1COc1ccc(Cl)c(F)c1. The first-order chi connectivity index (χ1) is 8.20. The maximum absolute atomic E-state index is 13.2. The number of imidazole rings is 1. The molecule has 0 aliphatic rings. The maximum Gasteiger partial charge on any atom is 0.145 e. The summed E-state index contributed by atoms with van der Waals surface area (Å²) in [5, 5.41) is 0.0935. The molecule has 3 nitrogen and oxygen atoms in total. The molecular weight excluding hydrogens is 243 g/mol. The summed E-state index contributed by atoms with van der Waals surface area (Å²) in [5.41, 5.74) is 0.947. The number of aromatic nitrogens is 2. The van der Waals surface area contributed by atoms with Crippen LogP contribution in [-0.2, 0) is 13.2 Å². The van der Waals surface area contributed by atoms with E-state index in [1.54, 1.807) is 18.6 Å². The molecular formula is C12H12ClFN2O. The lowest BCUT2D eigenvalue weighted by molar-refractivity contribution is 0.294. The van der Waals surface area contributed by atoms with Crippen LogP contribution in [0.15, 0.2) is 30.7 Å². The van der Waals surface area contributed by atoms with Crippen molar-refractivity contribution in [3.8, 4) is 5.75 Å². The summed E-state index contributed by atoms with van der Waals surface area (Å²) in [6, 6.07) is 4.39. The van der Waals surface area contributed by atoms with E-state index in [0.29, 0.717) is 12.4 Å². The molecule has 0 aliphatic carbocycles. The first-order valence-electron chi connectivity index (χ1n) is 5.27. The Bertz CT molecular complexity index is 513. The predicted molar refractivity (Wildman–Crippen MR) is 63.6 cm³/mol. The monoisotopic (exact) mass is 254 g/mol. The number of ether oxygens (including phenoxy) is 1. The fourth-order valence-electron chi connectivity index (χ4n) is 1.48. The Morgan fingerprint density at radius 1 is 1.47 bits per heavy atom. The number of hydrogen-bond acceptors (Lipinski definition) is 2. The van der Waals surface area contributed by atoms with E-state index in [1.807, 2.05) is 11.5 Å². The lowest BCUT2D eigenvalue weighted by Gasteiger charge is -2.08. The molecule has 0 radical (unpaired) electrons. The molecule has 0 N–H and O–H groups in total. The minimum Gasteiger partial charge on any atom is -0.487 e. The summed E-state index contributed by atoms with van der Waals surface area (Å²) < 4.78 is 20.6. The van der Waals surface area contributed by atoms with Crippen LogP contribution < -0.4 is 4.74 Å². The van der Waals surface area contributed by atoms with E-state index in [-0.39, 0.29) is 5.02 Å². The summed E-state index contributed by atoms with van der Waals surface area (Å²) in [6.07, 6.45) is 3.47. The quantitative estimate of drug-likeness (QED) is 0.837. The number of halogens is 2. The molecule has 1 aromatic carbocycles. The third kappa shape index (κ3) is 2.77. The molecule has 0 atom stereocenters. The van der Waals surface area contributed by atoms with Crippen molar-refractivity contribution >= 4 is 11.6 Å². The topological polar surface area (TPSA) is 27.1 Å². The number of benzene rings is 1. The van der Waals surface area contributed by atoms with Crippen LogP contribution in [0.1, 0.15) is 12.6 Å². The van der Waals surface area contributed by atoms with Crippen LogP contribution in [0.2, 0.25) is 5.02 Å². The maximum atomic E-state index is 13.2. The normalized spacial score (nSPS) is 10.5. The predicted octanol–water partition coefficient (Wildman–Crippen LogP) is 3.27. The molecule has 0 saturated carbocycles. The van der Waals surface area contributed by atoms with Gasteiger partial charge in [-0.1, -0.05) is 11.6 Å². The van der Waals surface area contributed by atoms with Gasteiger partial charge in [-0.25, -0.2) is 9.37 Å². The summed E-state index contributed by atoms with van der Waals surface area (Å²) in [7, 11) is 0. The van der Waals surface area contributed by atoms with Crippen LogP contribution in [0.25, 0.3) is 0 Å². The van der Waals surface area contributed by atoms with E-state index < -0.39 is 5.82 Å². The minimum atomic E-state index is -0.479. The van der Waals surface area contributed by atoms with Gasteiger partial charge in [-0.05, 0) is 19.1 Å². The highest BCUT2D eigenvalue weighted by molar-refractivity contribution is 6.30. The zero-order valence-electron chi connectivity index (χ0n) is 9.36. The average molecular weight is 255 g/mol. The molecule has 5 heteroatoms. The van der Waals surface area contributed by atoms with Crippen LogP contribution in [0.3, 0.4) is 0 Å². The van der Waals surface area contributed by atoms with E-state index in [4.69, 9.17) is 16.3 Å². The van der Waals surface area contributed by atoms with Crippen molar-refractivity contribution in [3.05, 3.63) is 47.3 Å². The molecule has 1 heterocycles. The van der Waals surface area contributed by atoms with E-state index in [2.05, 4.69) is 4.98 Å². The zero-order valence-corrected chi connectivity index (χ0v) is 10.1. The minimum absolute atomic E-state index is 0.0935. The fourth-order valence-corrected chi connectivity index (χ4v) is 1.59. The molecule has 1 aromatic heterocycles. The highest BCUT2D eigenvalue weighted by atomic mass is 35.5. The Kier molecular flexibility index (Phi) is 3.64. The van der Waals surface area contributed by atoms with Crippen molar-refractivity contribution in [3.63, 3.8) is 0 Å². The van der Waals surface area contributed by atoms with Crippen molar-refractivity contribution in [2.24, 2.45) is 0 Å². The molecule has 90 valence electrons. The van der Waals surface area contributed by atoms with Gasteiger partial charge >= 0.3 is 0 Å². The van der Waals surface area contributed by atoms with Crippen LogP contribution >= 0.6 is 11.6 Å². The van der Waals surface area contributed by atoms with E-state index in [0.717, 1.165) is 12.2 Å². The third-order valence-corrected chi connectivity index (χ3v) is 2.72. The van der Waals surface area contributed by atoms with Gasteiger partial charge in [0.25, 0.3) is 0 Å². The number of aryl methyl sites for hydroxylation is 1. The van der Waals surface area contributed by atoms with Crippen molar-refractivity contribution < 1.29 is 9.13 Å². The lowest BCUT2D eigenvalue weighted by atomic mass is 10.3. The molecule has 0 amide bonds. The highest BCUT2D eigenvalue weighted by Gasteiger charge is 2.04. The first kappa shape index (κ1) is 11.9. The van der Waals surface area contributed by atoms with E-state index >= 15 is 0 Å². The highest BCUT2D eigenvalue weighted by Crippen LogP contribution is 2.21. The fraction of sp³-hybridized carbons (Fsp3) is 0.250. The molecule has 2 aromatic rings. The Hall–Kier alpha value is -1.55. The summed E-state index contributed by atoms with van der Waals surface area (Å²) in [4.78, 5) is 4.02. The Labute approximate surface area is 104 Å². The van der Waals surface area contributed by atoms with Crippen LogP contribution in [-0.4, -0.2) is 9.55 Å². The summed E-state index contributed by atoms with van der Waals surface area (Å²) in [5.74, 6) is -0.0241. The van der Waals surface area contributed by atoms with Gasteiger partial charge in [0, 0.05) is 12.6 Å². The van der Waals surface area contributed by atoms with Gasteiger partial charge in [0.05, 0.1) is 23.2 Å². The molecule has 0 unspecified atom stereocenters. The van der Waals surface area contributed by atoms with Crippen LogP contribution in [0.4, 0.5) is 4.39 Å². The zero-order chi connectivity index (χ0) is 12.3. The molecule has 0 saturated heterocycles. The summed E-state index contributed by atoms with van der Waals surface area (Å²) >= 11 is 5.58. The molecule has 0 aliphatic heterocycles. The molecule has 0 bridgehead atoms. The van der Waals surface area contributed by atoms with Gasteiger partial charge in [-0.15, -0.1) is 0 Å². The summed E-state index contributed by atoms with van der Waals surface area (Å²) in [6.45, 7) is 3.20. The number of rotatable bonds is 4. The van der Waals surface area contributed by atoms with Gasteiger partial charge < -0.3 is 9.30 Å². The lowest BCUT2D eigenvalue weighted by Crippen LogP contribution is -2.03. The molecule has 2 rings (SSSR count). The number of hydrogen-bond donors (Lipinski definition) is 0. The standard InChI is InChI=1S/C12H12ClFN2O/c1-2-16-8-15-6-9(16)7-17-10-3-4-11(13)12(14)5-10/h3-6,8H,2,7H2,1H3. The third-order valence-electron chi connectivity index (χ3n) is 2.42. The Balaban J connectivity index is 2.05. The smallest absolute Gasteiger partial charge is 0.145 e. The second-order valence-corrected chi connectivity index (χ2v) is 3.94. The number of nitrogens with zero attached hydrogens (tertiary/aromatic N) is 2. The van der Waals surface area contributed by atoms with Gasteiger partial charge in [-0.3, -0.25) is 0 Å². The second kappa shape index (κ2) is 5.19. The van der Waals surface area contributed by atoms with E-state index in [1.165, 1.54) is 12.1 Å². The Morgan fingerprint density at radius 3 is 3.00 bits per heavy atom. The van der Waals surface area contributed by atoms with Crippen molar-refractivity contribution in [2.45, 2.75) is 20.1 Å². The van der Waals surface area contributed by atoms with Crippen LogP contribution in [0, 0.1) is 5.82 Å². The average Bonchev–Trinajstić information content (AvgIpc) is 2.78. The van der Waals surface area contributed by atoms with Crippen molar-refractivity contribution in [2.75, 3.05) is 0 Å². The van der Waals surface area contributed by atoms with Crippen molar-refractivity contribution in [1.29, 1.82) is 0 Å². The first-order valence-corrected chi connectivity index (χ1v) is 5.65. The van der Waals surface area contributed by atoms with Gasteiger partial charge in [0.2, 0.25) is 0 Å². The van der Waals surface area contributed by atoms with E-state index in [9.17, 15) is 4.39 Å².